The third-order valence-corrected chi connectivity index (χ3v) is 4.10. The minimum Gasteiger partial charge on any atom is -0.377 e. The van der Waals surface area contributed by atoms with Crippen molar-refractivity contribution in [1.29, 1.82) is 0 Å². The fraction of sp³-hybridized carbons (Fsp3) is 0.389. The number of anilines is 1. The molecule has 4 nitrogen and oxygen atoms in total. The molecular weight excluding hydrogens is 276 g/mol. The van der Waals surface area contributed by atoms with Gasteiger partial charge in [-0.05, 0) is 31.2 Å². The molecule has 1 N–H and O–H groups in total. The summed E-state index contributed by atoms with van der Waals surface area (Å²) in [6, 6.07) is 14.0. The normalized spacial score (nSPS) is 18.4. The van der Waals surface area contributed by atoms with Crippen molar-refractivity contribution in [1.82, 2.24) is 4.90 Å². The van der Waals surface area contributed by atoms with Crippen molar-refractivity contribution in [3.05, 3.63) is 42.5 Å². The number of likely N-dealkylation sites (tertiary alicyclic amines) is 1. The van der Waals surface area contributed by atoms with Crippen molar-refractivity contribution in [2.24, 2.45) is 0 Å². The molecule has 1 saturated heterocycles. The molecule has 116 valence electrons. The quantitative estimate of drug-likeness (QED) is 0.934. The Morgan fingerprint density at radius 3 is 2.95 bits per heavy atom. The van der Waals surface area contributed by atoms with Gasteiger partial charge in [-0.25, -0.2) is 4.79 Å². The van der Waals surface area contributed by atoms with Gasteiger partial charge in [-0.15, -0.1) is 0 Å². The van der Waals surface area contributed by atoms with Crippen LogP contribution in [-0.4, -0.2) is 36.7 Å². The number of hydrogen-bond acceptors (Lipinski definition) is 2. The summed E-state index contributed by atoms with van der Waals surface area (Å²) in [5, 5.41) is 5.25. The van der Waals surface area contributed by atoms with E-state index in [-0.39, 0.29) is 12.1 Å². The van der Waals surface area contributed by atoms with Gasteiger partial charge in [0.15, 0.2) is 0 Å². The average molecular weight is 298 g/mol. The van der Waals surface area contributed by atoms with Crippen LogP contribution in [0.3, 0.4) is 0 Å². The molecular formula is C18H22N2O2. The van der Waals surface area contributed by atoms with Crippen LogP contribution in [0, 0.1) is 0 Å². The molecule has 2 amide bonds. The van der Waals surface area contributed by atoms with Gasteiger partial charge in [0.1, 0.15) is 0 Å². The third kappa shape index (κ3) is 3.22. The molecule has 0 aromatic heterocycles. The number of amides is 2. The molecule has 2 aromatic rings. The zero-order valence-corrected chi connectivity index (χ0v) is 12.9. The number of ether oxygens (including phenoxy) is 1. The molecule has 1 aliphatic rings. The number of piperidine rings is 1. The molecule has 0 spiro atoms. The molecule has 0 saturated carbocycles. The van der Waals surface area contributed by atoms with Gasteiger partial charge in [0.25, 0.3) is 0 Å². The van der Waals surface area contributed by atoms with Crippen LogP contribution in [0.1, 0.15) is 19.8 Å². The number of fused-ring (bicyclic) bond motifs is 1. The summed E-state index contributed by atoms with van der Waals surface area (Å²) in [6.07, 6.45) is 2.19. The van der Waals surface area contributed by atoms with Crippen molar-refractivity contribution in [3.63, 3.8) is 0 Å². The first-order chi connectivity index (χ1) is 10.8. The summed E-state index contributed by atoms with van der Waals surface area (Å²) in [6.45, 7) is 4.16. The molecule has 1 aliphatic heterocycles. The van der Waals surface area contributed by atoms with Crippen LogP contribution < -0.4 is 5.32 Å². The summed E-state index contributed by atoms with van der Waals surface area (Å²) in [7, 11) is 0. The molecule has 1 atom stereocenters. The third-order valence-electron chi connectivity index (χ3n) is 4.10. The summed E-state index contributed by atoms with van der Waals surface area (Å²) >= 11 is 0. The topological polar surface area (TPSA) is 41.6 Å². The van der Waals surface area contributed by atoms with Gasteiger partial charge in [0, 0.05) is 25.1 Å². The van der Waals surface area contributed by atoms with Gasteiger partial charge in [-0.2, -0.15) is 0 Å². The molecule has 4 heteroatoms. The van der Waals surface area contributed by atoms with Gasteiger partial charge in [0.05, 0.1) is 11.8 Å². The van der Waals surface area contributed by atoms with Crippen molar-refractivity contribution in [2.45, 2.75) is 25.9 Å². The summed E-state index contributed by atoms with van der Waals surface area (Å²) in [4.78, 5) is 14.4. The number of nitrogens with one attached hydrogen (secondary N) is 1. The average Bonchev–Trinajstić information content (AvgIpc) is 2.56. The lowest BCUT2D eigenvalue weighted by atomic mass is 10.1. The van der Waals surface area contributed by atoms with E-state index in [1.807, 2.05) is 42.2 Å². The van der Waals surface area contributed by atoms with Gasteiger partial charge in [-0.3, -0.25) is 0 Å². The lowest BCUT2D eigenvalue weighted by Crippen LogP contribution is -2.45. The Bertz CT molecular complexity index is 649. The monoisotopic (exact) mass is 298 g/mol. The first-order valence-corrected chi connectivity index (χ1v) is 7.93. The van der Waals surface area contributed by atoms with E-state index in [4.69, 9.17) is 4.74 Å². The summed E-state index contributed by atoms with van der Waals surface area (Å²) < 4.78 is 5.66. The Kier molecular flexibility index (Phi) is 4.59. The molecule has 1 fully saturated rings. The van der Waals surface area contributed by atoms with E-state index in [0.29, 0.717) is 13.2 Å². The second-order valence-corrected chi connectivity index (χ2v) is 5.62. The Balaban J connectivity index is 1.73. The van der Waals surface area contributed by atoms with Crippen LogP contribution in [0.25, 0.3) is 10.8 Å². The number of rotatable bonds is 3. The molecule has 3 rings (SSSR count). The summed E-state index contributed by atoms with van der Waals surface area (Å²) in [5.74, 6) is 0. The predicted molar refractivity (Wildman–Crippen MR) is 89.2 cm³/mol. The van der Waals surface area contributed by atoms with Crippen LogP contribution in [-0.2, 0) is 4.74 Å². The van der Waals surface area contributed by atoms with Gasteiger partial charge >= 0.3 is 6.03 Å². The zero-order chi connectivity index (χ0) is 15.4. The van der Waals surface area contributed by atoms with Gasteiger partial charge in [0.2, 0.25) is 0 Å². The summed E-state index contributed by atoms with van der Waals surface area (Å²) in [5.41, 5.74) is 0.863. The zero-order valence-electron chi connectivity index (χ0n) is 12.9. The van der Waals surface area contributed by atoms with E-state index in [1.165, 1.54) is 0 Å². The molecule has 0 aliphatic carbocycles. The maximum absolute atomic E-state index is 12.5. The number of carbonyl (C=O) groups is 1. The number of hydrogen-bond donors (Lipinski definition) is 1. The van der Waals surface area contributed by atoms with Crippen LogP contribution >= 0.6 is 0 Å². The van der Waals surface area contributed by atoms with Gasteiger partial charge < -0.3 is 15.0 Å². The smallest absolute Gasteiger partial charge is 0.321 e. The molecule has 2 aromatic carbocycles. The Morgan fingerprint density at radius 1 is 1.27 bits per heavy atom. The lowest BCUT2D eigenvalue weighted by molar-refractivity contribution is 0.0181. The van der Waals surface area contributed by atoms with Crippen LogP contribution in [0.5, 0.6) is 0 Å². The maximum atomic E-state index is 12.5. The standard InChI is InChI=1S/C18H22N2O2/c1-2-22-15-9-6-12-20(13-15)18(21)19-17-11-5-8-14-7-3-4-10-16(14)17/h3-5,7-8,10-11,15H,2,6,9,12-13H2,1H3,(H,19,21). The molecule has 1 unspecified atom stereocenters. The van der Waals surface area contributed by atoms with E-state index < -0.39 is 0 Å². The predicted octanol–water partition coefficient (Wildman–Crippen LogP) is 3.87. The molecule has 1 heterocycles. The van der Waals surface area contributed by atoms with E-state index in [2.05, 4.69) is 17.4 Å². The van der Waals surface area contributed by atoms with Crippen molar-refractivity contribution >= 4 is 22.5 Å². The molecule has 22 heavy (non-hydrogen) atoms. The Labute approximate surface area is 131 Å². The van der Waals surface area contributed by atoms with Crippen molar-refractivity contribution < 1.29 is 9.53 Å². The minimum atomic E-state index is -0.0410. The number of carbonyl (C=O) groups excluding carboxylic acids is 1. The van der Waals surface area contributed by atoms with Crippen molar-refractivity contribution in [3.8, 4) is 0 Å². The van der Waals surface area contributed by atoms with Crippen molar-refractivity contribution in [2.75, 3.05) is 25.0 Å². The second-order valence-electron chi connectivity index (χ2n) is 5.62. The molecule has 0 bridgehead atoms. The largest absolute Gasteiger partial charge is 0.377 e. The Hall–Kier alpha value is -2.07. The SMILES string of the molecule is CCOC1CCCN(C(=O)Nc2cccc3ccccc23)C1. The fourth-order valence-corrected chi connectivity index (χ4v) is 3.02. The first-order valence-electron chi connectivity index (χ1n) is 7.93. The van der Waals surface area contributed by atoms with Crippen LogP contribution in [0.15, 0.2) is 42.5 Å². The van der Waals surface area contributed by atoms with E-state index in [1.54, 1.807) is 0 Å². The van der Waals surface area contributed by atoms with E-state index in [0.717, 1.165) is 35.8 Å². The lowest BCUT2D eigenvalue weighted by Gasteiger charge is -2.32. The van der Waals surface area contributed by atoms with Gasteiger partial charge in [-0.1, -0.05) is 36.4 Å². The number of urea groups is 1. The van der Waals surface area contributed by atoms with E-state index in [9.17, 15) is 4.79 Å². The highest BCUT2D eigenvalue weighted by molar-refractivity contribution is 6.01. The highest BCUT2D eigenvalue weighted by Crippen LogP contribution is 2.24. The van der Waals surface area contributed by atoms with E-state index >= 15 is 0 Å². The van der Waals surface area contributed by atoms with Crippen LogP contribution in [0.2, 0.25) is 0 Å². The first kappa shape index (κ1) is 14.9. The molecule has 0 radical (unpaired) electrons. The highest BCUT2D eigenvalue weighted by atomic mass is 16.5. The maximum Gasteiger partial charge on any atom is 0.321 e. The Morgan fingerprint density at radius 2 is 2.09 bits per heavy atom. The second kappa shape index (κ2) is 6.79. The van der Waals surface area contributed by atoms with Crippen LogP contribution in [0.4, 0.5) is 10.5 Å². The number of nitrogens with zero attached hydrogens (tertiary/aromatic N) is 1. The number of benzene rings is 2. The minimum absolute atomic E-state index is 0.0410. The fourth-order valence-electron chi connectivity index (χ4n) is 3.02. The highest BCUT2D eigenvalue weighted by Gasteiger charge is 2.24.